The Balaban J connectivity index is 0. The number of carboxylic acids is 1. The van der Waals surface area contributed by atoms with E-state index in [9.17, 15) is 9.59 Å². The van der Waals surface area contributed by atoms with Crippen LogP contribution in [-0.4, -0.2) is 28.8 Å². The third-order valence-electron chi connectivity index (χ3n) is 1.05. The number of carboxylic acid groups (broad SMARTS) is 1. The van der Waals surface area contributed by atoms with Crippen molar-refractivity contribution in [1.82, 2.24) is 0 Å². The van der Waals surface area contributed by atoms with Crippen molar-refractivity contribution in [3.63, 3.8) is 0 Å². The molecule has 1 amide bonds. The Kier molecular flexibility index (Phi) is 8.39. The van der Waals surface area contributed by atoms with E-state index in [1.807, 2.05) is 0 Å². The van der Waals surface area contributed by atoms with Gasteiger partial charge >= 0.3 is 58.2 Å². The Morgan fingerprint density at radius 3 is 2.07 bits per heavy atom. The molecule has 0 fully saturated rings. The maximum atomic E-state index is 10.9. The predicted octanol–water partition coefficient (Wildman–Crippen LogP) is -1.23. The molecule has 1 unspecified atom stereocenters. The number of amides is 1. The van der Waals surface area contributed by atoms with Crippen molar-refractivity contribution in [1.29, 1.82) is 0 Å². The van der Waals surface area contributed by atoms with E-state index in [-0.39, 0.29) is 58.2 Å². The summed E-state index contributed by atoms with van der Waals surface area (Å²) in [7, 11) is 0. The number of carbonyl (C=O) groups is 2. The maximum absolute atomic E-state index is 10.9. The van der Waals surface area contributed by atoms with Crippen LogP contribution in [0.1, 0.15) is 27.7 Å². The van der Waals surface area contributed by atoms with Gasteiger partial charge < -0.3 is 15.2 Å². The molecule has 5 nitrogen and oxygen atoms in total. The Hall–Kier alpha value is 0.545. The summed E-state index contributed by atoms with van der Waals surface area (Å²) in [5, 5.41) is 11.7. The van der Waals surface area contributed by atoms with Crippen LogP contribution in [-0.2, 0) is 9.53 Å². The van der Waals surface area contributed by atoms with Gasteiger partial charge in [0.25, 0.3) is 5.97 Å². The molecule has 0 aromatic heterocycles. The monoisotopic (exact) mass is 273 g/mol. The molecule has 0 saturated heterocycles. The van der Waals surface area contributed by atoms with Gasteiger partial charge in [-0.3, -0.25) is 9.59 Å². The van der Waals surface area contributed by atoms with E-state index in [1.54, 1.807) is 20.8 Å². The van der Waals surface area contributed by atoms with Crippen LogP contribution < -0.4 is 58.2 Å². The second-order valence-corrected chi connectivity index (χ2v) is 3.62. The molecule has 6 heteroatoms. The van der Waals surface area contributed by atoms with Gasteiger partial charge in [0, 0.05) is 0 Å². The maximum Gasteiger partial charge on any atom is 1.00 e. The fourth-order valence-corrected chi connectivity index (χ4v) is 0.502. The molecule has 0 radical (unpaired) electrons. The average Bonchev–Trinajstić information content (AvgIpc) is 1.81. The van der Waals surface area contributed by atoms with E-state index < -0.39 is 23.7 Å². The van der Waals surface area contributed by atoms with Gasteiger partial charge in [0.1, 0.15) is 5.60 Å². The van der Waals surface area contributed by atoms with Crippen molar-refractivity contribution in [3.8, 4) is 0 Å². The molecule has 0 aromatic rings. The van der Waals surface area contributed by atoms with Crippen molar-refractivity contribution >= 4 is 12.1 Å². The average molecular weight is 274 g/mol. The minimum absolute atomic E-state index is 0. The largest absolute Gasteiger partial charge is 1.00 e. The van der Waals surface area contributed by atoms with Gasteiger partial charge in [-0.1, -0.05) is 6.92 Å². The molecular formula is C8H14NO4Rb. The molecule has 14 heavy (non-hydrogen) atoms. The third kappa shape index (κ3) is 9.11. The zero-order valence-electron chi connectivity index (χ0n) is 9.20. The number of carbonyl (C=O) groups excluding carboxylic acids is 1. The van der Waals surface area contributed by atoms with Gasteiger partial charge in [-0.05, 0) is 26.8 Å². The van der Waals surface area contributed by atoms with Crippen LogP contribution in [0.2, 0.25) is 0 Å². The van der Waals surface area contributed by atoms with Crippen LogP contribution in [0.3, 0.4) is 0 Å². The number of aliphatic carboxylic acids is 1. The van der Waals surface area contributed by atoms with Crippen molar-refractivity contribution in [2.75, 3.05) is 0 Å². The van der Waals surface area contributed by atoms with Crippen LogP contribution in [0.5, 0.6) is 0 Å². The molecule has 0 aromatic carbocycles. The van der Waals surface area contributed by atoms with Gasteiger partial charge in [-0.2, -0.15) is 0 Å². The van der Waals surface area contributed by atoms with E-state index >= 15 is 0 Å². The Morgan fingerprint density at radius 2 is 1.79 bits per heavy atom. The molecule has 0 aliphatic heterocycles. The van der Waals surface area contributed by atoms with Crippen LogP contribution in [0.25, 0.3) is 5.32 Å². The summed E-state index contributed by atoms with van der Waals surface area (Å²) in [6, 6.07) is -1.06. The van der Waals surface area contributed by atoms with Gasteiger partial charge in [0.15, 0.2) is 0 Å². The summed E-state index contributed by atoms with van der Waals surface area (Å²) in [4.78, 5) is 21.2. The molecule has 1 atom stereocenters. The van der Waals surface area contributed by atoms with Crippen LogP contribution >= 0.6 is 0 Å². The molecule has 0 rings (SSSR count). The summed E-state index contributed by atoms with van der Waals surface area (Å²) in [6.45, 7) is 6.37. The van der Waals surface area contributed by atoms with Crippen molar-refractivity contribution in [2.45, 2.75) is 39.3 Å². The van der Waals surface area contributed by atoms with Gasteiger partial charge in [-0.25, -0.2) is 0 Å². The number of rotatable bonds is 2. The topological polar surface area (TPSA) is 77.7 Å². The summed E-state index contributed by atoms with van der Waals surface area (Å²) in [5.74, 6) is -1.15. The molecule has 0 spiro atoms. The van der Waals surface area contributed by atoms with E-state index in [0.29, 0.717) is 0 Å². The molecular weight excluding hydrogens is 260 g/mol. The second kappa shape index (κ2) is 6.93. The van der Waals surface area contributed by atoms with Crippen molar-refractivity contribution in [2.24, 2.45) is 0 Å². The standard InChI is InChI=1S/C8H15NO4.Rb/c1-5(6(10)11)9-7(12)13-8(2,3)4;/h5H,1-4H3,(H2,9,10,11,12);/q;+1/p-1. The van der Waals surface area contributed by atoms with E-state index in [0.717, 1.165) is 0 Å². The molecule has 0 aliphatic carbocycles. The Labute approximate surface area is 132 Å². The van der Waals surface area contributed by atoms with Crippen molar-refractivity contribution < 1.29 is 77.6 Å². The third-order valence-corrected chi connectivity index (χ3v) is 1.05. The van der Waals surface area contributed by atoms with E-state index in [2.05, 4.69) is 5.32 Å². The number of ether oxygens (including phenoxy) is 1. The summed E-state index contributed by atoms with van der Waals surface area (Å²) < 4.78 is 4.79. The molecule has 0 bridgehead atoms. The van der Waals surface area contributed by atoms with E-state index in [1.165, 1.54) is 6.92 Å². The second-order valence-electron chi connectivity index (χ2n) is 3.62. The predicted molar refractivity (Wildman–Crippen MR) is 46.7 cm³/mol. The Bertz CT molecular complexity index is 212. The number of hydrogen-bond donors (Lipinski definition) is 1. The first kappa shape index (κ1) is 17.0. The molecule has 0 aliphatic rings. The zero-order chi connectivity index (χ0) is 10.6. The molecule has 1 N–H and O–H groups in total. The van der Waals surface area contributed by atoms with E-state index in [4.69, 9.17) is 9.84 Å². The van der Waals surface area contributed by atoms with Crippen LogP contribution in [0.4, 0.5) is 4.79 Å². The SMILES string of the molecule is CC([N-]C(=O)OC(C)(C)C)C(=O)O.[Rb+]. The summed E-state index contributed by atoms with van der Waals surface area (Å²) in [5.41, 5.74) is -0.640. The van der Waals surface area contributed by atoms with Crippen LogP contribution in [0, 0.1) is 0 Å². The minimum atomic E-state index is -1.15. The first-order valence-electron chi connectivity index (χ1n) is 3.89. The zero-order valence-corrected chi connectivity index (χ0v) is 14.1. The normalized spacial score (nSPS) is 12.3. The van der Waals surface area contributed by atoms with Gasteiger partial charge in [-0.15, -0.1) is 0 Å². The number of hydrogen-bond acceptors (Lipinski definition) is 3. The van der Waals surface area contributed by atoms with Gasteiger partial charge in [0.2, 0.25) is 6.09 Å². The summed E-state index contributed by atoms with van der Waals surface area (Å²) in [6.07, 6.45) is -0.845. The quantitative estimate of drug-likeness (QED) is 0.684. The van der Waals surface area contributed by atoms with Gasteiger partial charge in [0.05, 0.1) is 0 Å². The minimum Gasteiger partial charge on any atom is -0.606 e. The Morgan fingerprint density at radius 1 is 1.36 bits per heavy atom. The molecule has 0 saturated carbocycles. The first-order valence-corrected chi connectivity index (χ1v) is 3.89. The van der Waals surface area contributed by atoms with Crippen LogP contribution in [0.15, 0.2) is 0 Å². The first-order chi connectivity index (χ1) is 5.72. The number of nitrogens with zero attached hydrogens (tertiary/aromatic N) is 1. The molecule has 76 valence electrons. The fourth-order valence-electron chi connectivity index (χ4n) is 0.502. The smallest absolute Gasteiger partial charge is 0.606 e. The fraction of sp³-hybridized carbons (Fsp3) is 0.750. The summed E-state index contributed by atoms with van der Waals surface area (Å²) >= 11 is 0. The van der Waals surface area contributed by atoms with Crippen molar-refractivity contribution in [3.05, 3.63) is 5.32 Å². The molecule has 0 heterocycles.